The number of nitrogens with two attached hydrogens (primary N) is 1. The Kier molecular flexibility index (Phi) is 4.15. The van der Waals surface area contributed by atoms with Gasteiger partial charge >= 0.3 is 0 Å². The van der Waals surface area contributed by atoms with Gasteiger partial charge in [-0.05, 0) is 26.0 Å². The molecule has 1 aromatic heterocycles. The van der Waals surface area contributed by atoms with Crippen molar-refractivity contribution in [1.29, 1.82) is 0 Å². The Balaban J connectivity index is 2.15. The maximum Gasteiger partial charge on any atom is 0.133 e. The van der Waals surface area contributed by atoms with Crippen LogP contribution in [-0.2, 0) is 5.75 Å². The number of benzene rings is 1. The lowest BCUT2D eigenvalue weighted by atomic mass is 10.1. The zero-order chi connectivity index (χ0) is 13.2. The van der Waals surface area contributed by atoms with Crippen molar-refractivity contribution < 1.29 is 0 Å². The van der Waals surface area contributed by atoms with Crippen LogP contribution in [0.15, 0.2) is 30.3 Å². The largest absolute Gasteiger partial charge is 0.325 e. The van der Waals surface area contributed by atoms with E-state index in [9.17, 15) is 0 Å². The molecule has 0 aliphatic carbocycles. The average Bonchev–Trinajstić information content (AvgIpc) is 2.28. The molecule has 2 aromatic rings. The molecule has 0 fully saturated rings. The molecule has 0 unspecified atom stereocenters. The van der Waals surface area contributed by atoms with Crippen LogP contribution < -0.4 is 5.73 Å². The number of pyridine rings is 1. The molecule has 0 spiro atoms. The van der Waals surface area contributed by atoms with Crippen LogP contribution >= 0.6 is 23.4 Å². The molecular weight excluding hydrogens is 264 g/mol. The highest BCUT2D eigenvalue weighted by Crippen LogP contribution is 2.25. The normalized spacial score (nSPS) is 12.0. The number of fused-ring (bicyclic) bond motifs is 1. The van der Waals surface area contributed by atoms with Crippen LogP contribution in [0.25, 0.3) is 10.9 Å². The molecule has 1 heterocycles. The van der Waals surface area contributed by atoms with Crippen molar-refractivity contribution in [3.63, 3.8) is 0 Å². The zero-order valence-corrected chi connectivity index (χ0v) is 12.2. The van der Waals surface area contributed by atoms with Gasteiger partial charge < -0.3 is 5.73 Å². The third-order valence-electron chi connectivity index (χ3n) is 2.48. The molecule has 2 N–H and O–H groups in total. The number of hydrogen-bond acceptors (Lipinski definition) is 3. The molecule has 1 aromatic carbocycles. The Morgan fingerprint density at radius 2 is 2.06 bits per heavy atom. The van der Waals surface area contributed by atoms with Crippen molar-refractivity contribution in [2.45, 2.75) is 25.1 Å². The summed E-state index contributed by atoms with van der Waals surface area (Å²) in [6, 6.07) is 10.1. The van der Waals surface area contributed by atoms with Crippen LogP contribution in [-0.4, -0.2) is 16.3 Å². The van der Waals surface area contributed by atoms with E-state index in [1.54, 1.807) is 11.8 Å². The summed E-state index contributed by atoms with van der Waals surface area (Å²) in [4.78, 5) is 4.41. The Bertz CT molecular complexity index is 549. The molecule has 18 heavy (non-hydrogen) atoms. The van der Waals surface area contributed by atoms with E-state index in [4.69, 9.17) is 17.3 Å². The molecule has 2 rings (SSSR count). The van der Waals surface area contributed by atoms with Crippen molar-refractivity contribution in [1.82, 2.24) is 4.98 Å². The highest BCUT2D eigenvalue weighted by Gasteiger charge is 2.11. The van der Waals surface area contributed by atoms with Gasteiger partial charge in [-0.25, -0.2) is 4.98 Å². The van der Waals surface area contributed by atoms with Gasteiger partial charge in [-0.15, -0.1) is 0 Å². The minimum atomic E-state index is -0.151. The van der Waals surface area contributed by atoms with Gasteiger partial charge in [0, 0.05) is 28.0 Å². The summed E-state index contributed by atoms with van der Waals surface area (Å²) >= 11 is 7.98. The lowest BCUT2D eigenvalue weighted by molar-refractivity contribution is 0.591. The van der Waals surface area contributed by atoms with Gasteiger partial charge in [0.25, 0.3) is 0 Å². The third kappa shape index (κ3) is 3.61. The molecule has 0 aliphatic rings. The average molecular weight is 281 g/mol. The van der Waals surface area contributed by atoms with Gasteiger partial charge in [-0.2, -0.15) is 11.8 Å². The van der Waals surface area contributed by atoms with Gasteiger partial charge in [0.2, 0.25) is 0 Å². The highest BCUT2D eigenvalue weighted by atomic mass is 35.5. The van der Waals surface area contributed by atoms with Crippen LogP contribution in [0.3, 0.4) is 0 Å². The van der Waals surface area contributed by atoms with E-state index in [1.807, 2.05) is 32.0 Å². The number of para-hydroxylation sites is 1. The summed E-state index contributed by atoms with van der Waals surface area (Å²) < 4.78 is 0. The highest BCUT2D eigenvalue weighted by molar-refractivity contribution is 7.98. The Morgan fingerprint density at radius 3 is 2.78 bits per heavy atom. The number of aromatic nitrogens is 1. The van der Waals surface area contributed by atoms with Crippen molar-refractivity contribution in [3.05, 3.63) is 41.0 Å². The van der Waals surface area contributed by atoms with Crippen molar-refractivity contribution in [3.8, 4) is 0 Å². The quantitative estimate of drug-likeness (QED) is 0.865. The molecular formula is C14H17ClN2S. The maximum absolute atomic E-state index is 6.20. The lowest BCUT2D eigenvalue weighted by Crippen LogP contribution is -2.34. The summed E-state index contributed by atoms with van der Waals surface area (Å²) in [5.74, 6) is 1.74. The maximum atomic E-state index is 6.20. The summed E-state index contributed by atoms with van der Waals surface area (Å²) in [6.45, 7) is 4.06. The standard InChI is InChI=1S/C14H17ClN2S/c1-14(2,16)9-18-8-11-7-10-5-3-4-6-12(10)17-13(11)15/h3-7H,8-9,16H2,1-2H3. The monoisotopic (exact) mass is 280 g/mol. The molecule has 0 radical (unpaired) electrons. The lowest BCUT2D eigenvalue weighted by Gasteiger charge is -2.17. The molecule has 0 amide bonds. The van der Waals surface area contributed by atoms with Crippen molar-refractivity contribution >= 4 is 34.3 Å². The van der Waals surface area contributed by atoms with E-state index >= 15 is 0 Å². The fourth-order valence-electron chi connectivity index (χ4n) is 1.66. The smallest absolute Gasteiger partial charge is 0.133 e. The second kappa shape index (κ2) is 5.47. The van der Waals surface area contributed by atoms with Gasteiger partial charge in [0.1, 0.15) is 5.15 Å². The summed E-state index contributed by atoms with van der Waals surface area (Å²) in [6.07, 6.45) is 0. The first-order valence-corrected chi connectivity index (χ1v) is 7.40. The number of thioether (sulfide) groups is 1. The first-order chi connectivity index (χ1) is 8.46. The van der Waals surface area contributed by atoms with E-state index in [0.29, 0.717) is 5.15 Å². The van der Waals surface area contributed by atoms with Crippen LogP contribution in [0.2, 0.25) is 5.15 Å². The summed E-state index contributed by atoms with van der Waals surface area (Å²) in [5, 5.41) is 1.72. The predicted molar refractivity (Wildman–Crippen MR) is 81.2 cm³/mol. The van der Waals surface area contributed by atoms with Gasteiger partial charge in [0.05, 0.1) is 5.52 Å². The van der Waals surface area contributed by atoms with Gasteiger partial charge in [-0.3, -0.25) is 0 Å². The fourth-order valence-corrected chi connectivity index (χ4v) is 3.02. The van der Waals surface area contributed by atoms with E-state index in [-0.39, 0.29) is 5.54 Å². The minimum absolute atomic E-state index is 0.151. The SMILES string of the molecule is CC(C)(N)CSCc1cc2ccccc2nc1Cl. The first-order valence-electron chi connectivity index (χ1n) is 5.86. The molecule has 4 heteroatoms. The van der Waals surface area contributed by atoms with Crippen LogP contribution in [0.1, 0.15) is 19.4 Å². The summed E-state index contributed by atoms with van der Waals surface area (Å²) in [5.41, 5.74) is 7.82. The van der Waals surface area contributed by atoms with E-state index in [0.717, 1.165) is 28.0 Å². The van der Waals surface area contributed by atoms with Crippen LogP contribution in [0, 0.1) is 0 Å². The molecule has 96 valence electrons. The number of rotatable bonds is 4. The number of halogens is 1. The topological polar surface area (TPSA) is 38.9 Å². The Hall–Kier alpha value is -0.770. The fraction of sp³-hybridized carbons (Fsp3) is 0.357. The first kappa shape index (κ1) is 13.7. The number of nitrogens with zero attached hydrogens (tertiary/aromatic N) is 1. The number of hydrogen-bond donors (Lipinski definition) is 1. The molecule has 0 aliphatic heterocycles. The summed E-state index contributed by atoms with van der Waals surface area (Å²) in [7, 11) is 0. The van der Waals surface area contributed by atoms with E-state index in [2.05, 4.69) is 17.1 Å². The molecule has 0 atom stereocenters. The van der Waals surface area contributed by atoms with Crippen LogP contribution in [0.4, 0.5) is 0 Å². The zero-order valence-electron chi connectivity index (χ0n) is 10.6. The molecule has 2 nitrogen and oxygen atoms in total. The molecule has 0 bridgehead atoms. The second-order valence-corrected chi connectivity index (χ2v) is 6.46. The second-order valence-electron chi connectivity index (χ2n) is 5.11. The minimum Gasteiger partial charge on any atom is -0.325 e. The van der Waals surface area contributed by atoms with E-state index in [1.165, 1.54) is 0 Å². The van der Waals surface area contributed by atoms with E-state index < -0.39 is 0 Å². The Morgan fingerprint density at radius 1 is 1.33 bits per heavy atom. The van der Waals surface area contributed by atoms with Crippen molar-refractivity contribution in [2.75, 3.05) is 5.75 Å². The predicted octanol–water partition coefficient (Wildman–Crippen LogP) is 3.86. The van der Waals surface area contributed by atoms with Crippen molar-refractivity contribution in [2.24, 2.45) is 5.73 Å². The van der Waals surface area contributed by atoms with Crippen LogP contribution in [0.5, 0.6) is 0 Å². The van der Waals surface area contributed by atoms with Gasteiger partial charge in [0.15, 0.2) is 0 Å². The molecule has 0 saturated heterocycles. The third-order valence-corrected chi connectivity index (χ3v) is 4.27. The Labute approximate surface area is 117 Å². The van der Waals surface area contributed by atoms with Gasteiger partial charge in [-0.1, -0.05) is 29.8 Å². The molecule has 0 saturated carbocycles.